The molecule has 0 heterocycles. The quantitative estimate of drug-likeness (QED) is 0.871. The molecule has 0 saturated heterocycles. The van der Waals surface area contributed by atoms with E-state index in [4.69, 9.17) is 5.73 Å². The highest BCUT2D eigenvalue weighted by Crippen LogP contribution is 2.65. The van der Waals surface area contributed by atoms with Crippen LogP contribution in [0.1, 0.15) is 43.2 Å². The zero-order valence-electron chi connectivity index (χ0n) is 11.7. The van der Waals surface area contributed by atoms with Crippen molar-refractivity contribution in [3.8, 4) is 0 Å². The maximum atomic E-state index is 13.4. The molecule has 0 radical (unpaired) electrons. The van der Waals surface area contributed by atoms with Crippen LogP contribution in [0.3, 0.4) is 0 Å². The van der Waals surface area contributed by atoms with Crippen LogP contribution in [0.5, 0.6) is 0 Å². The molecule has 4 rings (SSSR count). The first-order valence-corrected chi connectivity index (χ1v) is 7.80. The molecule has 1 aromatic rings. The monoisotopic (exact) mass is 275 g/mol. The molecule has 0 amide bonds. The molecule has 0 aliphatic heterocycles. The smallest absolute Gasteiger partial charge is 0.123 e. The summed E-state index contributed by atoms with van der Waals surface area (Å²) in [6, 6.07) is 4.86. The van der Waals surface area contributed by atoms with E-state index < -0.39 is 5.60 Å². The van der Waals surface area contributed by atoms with E-state index in [1.54, 1.807) is 12.1 Å². The van der Waals surface area contributed by atoms with Gasteiger partial charge in [-0.3, -0.25) is 0 Å². The fraction of sp³-hybridized carbons (Fsp3) is 0.647. The van der Waals surface area contributed by atoms with Gasteiger partial charge in [0.2, 0.25) is 0 Å². The minimum Gasteiger partial charge on any atom is -0.384 e. The second-order valence-corrected chi connectivity index (χ2v) is 7.10. The number of nitrogens with two attached hydrogens (primary N) is 1. The van der Waals surface area contributed by atoms with Gasteiger partial charge in [0.25, 0.3) is 0 Å². The maximum Gasteiger partial charge on any atom is 0.123 e. The minimum atomic E-state index is -0.843. The predicted molar refractivity (Wildman–Crippen MR) is 75.6 cm³/mol. The van der Waals surface area contributed by atoms with Crippen molar-refractivity contribution in [1.29, 1.82) is 0 Å². The van der Waals surface area contributed by atoms with Crippen LogP contribution >= 0.6 is 0 Å². The van der Waals surface area contributed by atoms with Crippen LogP contribution in [-0.2, 0) is 12.0 Å². The van der Waals surface area contributed by atoms with Crippen molar-refractivity contribution in [2.75, 3.05) is 6.54 Å². The van der Waals surface area contributed by atoms with Crippen molar-refractivity contribution >= 4 is 0 Å². The summed E-state index contributed by atoms with van der Waals surface area (Å²) in [6.07, 6.45) is 6.21. The van der Waals surface area contributed by atoms with E-state index in [1.165, 1.54) is 25.3 Å². The molecule has 108 valence electrons. The molecule has 1 aromatic carbocycles. The van der Waals surface area contributed by atoms with Crippen molar-refractivity contribution < 1.29 is 9.50 Å². The van der Waals surface area contributed by atoms with Gasteiger partial charge in [0.1, 0.15) is 5.82 Å². The number of fused-ring (bicyclic) bond motifs is 3. The third kappa shape index (κ3) is 1.40. The molecule has 2 bridgehead atoms. The molecule has 20 heavy (non-hydrogen) atoms. The summed E-state index contributed by atoms with van der Waals surface area (Å²) in [7, 11) is 0. The Balaban J connectivity index is 1.82. The standard InChI is InChI=1S/C17H22FNO/c18-14-3-4-15-12(8-14)5-6-17(15,20)16(10-19)9-11-1-2-13(16)7-11/h3-4,8,11,13,20H,1-2,5-7,9-10,19H2. The van der Waals surface area contributed by atoms with E-state index in [9.17, 15) is 9.50 Å². The molecule has 4 unspecified atom stereocenters. The number of hydrogen-bond donors (Lipinski definition) is 2. The van der Waals surface area contributed by atoms with Crippen LogP contribution < -0.4 is 5.73 Å². The van der Waals surface area contributed by atoms with Gasteiger partial charge >= 0.3 is 0 Å². The van der Waals surface area contributed by atoms with Crippen LogP contribution in [0.2, 0.25) is 0 Å². The third-order valence-electron chi connectivity index (χ3n) is 6.43. The van der Waals surface area contributed by atoms with Crippen molar-refractivity contribution in [3.05, 3.63) is 35.1 Å². The Bertz CT molecular complexity index is 560. The number of aliphatic hydroxyl groups is 1. The number of hydrogen-bond acceptors (Lipinski definition) is 2. The molecular weight excluding hydrogens is 253 g/mol. The maximum absolute atomic E-state index is 13.4. The number of halogens is 1. The highest BCUT2D eigenvalue weighted by molar-refractivity contribution is 5.40. The lowest BCUT2D eigenvalue weighted by Gasteiger charge is -2.48. The normalized spacial score (nSPS) is 42.1. The average molecular weight is 275 g/mol. The van der Waals surface area contributed by atoms with Gasteiger partial charge < -0.3 is 10.8 Å². The van der Waals surface area contributed by atoms with Gasteiger partial charge in [0.05, 0.1) is 5.60 Å². The van der Waals surface area contributed by atoms with Crippen LogP contribution in [0, 0.1) is 23.1 Å². The summed E-state index contributed by atoms with van der Waals surface area (Å²) < 4.78 is 13.4. The van der Waals surface area contributed by atoms with Crippen molar-refractivity contribution in [1.82, 2.24) is 0 Å². The molecule has 2 nitrogen and oxygen atoms in total. The fourth-order valence-electron chi connectivity index (χ4n) is 5.51. The van der Waals surface area contributed by atoms with Crippen molar-refractivity contribution in [3.63, 3.8) is 0 Å². The Kier molecular flexibility index (Phi) is 2.59. The zero-order chi connectivity index (χ0) is 14.0. The molecule has 0 aromatic heterocycles. The Labute approximate surface area is 119 Å². The Morgan fingerprint density at radius 1 is 1.35 bits per heavy atom. The molecule has 3 aliphatic rings. The van der Waals surface area contributed by atoms with Crippen molar-refractivity contribution in [2.45, 2.75) is 44.1 Å². The lowest BCUT2D eigenvalue weighted by molar-refractivity contribution is -0.115. The first kappa shape index (κ1) is 12.8. The molecule has 3 N–H and O–H groups in total. The number of aryl methyl sites for hydroxylation is 1. The summed E-state index contributed by atoms with van der Waals surface area (Å²) in [5, 5.41) is 11.5. The Morgan fingerprint density at radius 2 is 2.20 bits per heavy atom. The minimum absolute atomic E-state index is 0.182. The topological polar surface area (TPSA) is 46.2 Å². The van der Waals surface area contributed by atoms with E-state index >= 15 is 0 Å². The van der Waals surface area contributed by atoms with E-state index in [-0.39, 0.29) is 11.2 Å². The summed E-state index contributed by atoms with van der Waals surface area (Å²) in [5.41, 5.74) is 7.07. The molecule has 4 atom stereocenters. The van der Waals surface area contributed by atoms with Gasteiger partial charge in [0.15, 0.2) is 0 Å². The van der Waals surface area contributed by atoms with Gasteiger partial charge in [0, 0.05) is 12.0 Å². The predicted octanol–water partition coefficient (Wildman–Crippen LogP) is 2.72. The number of rotatable bonds is 2. The van der Waals surface area contributed by atoms with Crippen LogP contribution in [0.4, 0.5) is 4.39 Å². The molecule has 3 heteroatoms. The molecule has 3 aliphatic carbocycles. The molecule has 2 saturated carbocycles. The van der Waals surface area contributed by atoms with Gasteiger partial charge in [-0.05, 0) is 67.2 Å². The summed E-state index contributed by atoms with van der Waals surface area (Å²) in [4.78, 5) is 0. The summed E-state index contributed by atoms with van der Waals surface area (Å²) >= 11 is 0. The van der Waals surface area contributed by atoms with Crippen LogP contribution in [-0.4, -0.2) is 11.7 Å². The lowest BCUT2D eigenvalue weighted by Crippen LogP contribution is -2.52. The largest absolute Gasteiger partial charge is 0.384 e. The van der Waals surface area contributed by atoms with E-state index in [0.29, 0.717) is 18.9 Å². The Morgan fingerprint density at radius 3 is 2.85 bits per heavy atom. The molecular formula is C17H22FNO. The summed E-state index contributed by atoms with van der Waals surface area (Å²) in [5.74, 6) is 1.07. The highest BCUT2D eigenvalue weighted by atomic mass is 19.1. The van der Waals surface area contributed by atoms with Crippen molar-refractivity contribution in [2.24, 2.45) is 23.0 Å². The second kappa shape index (κ2) is 4.05. The SMILES string of the molecule is NCC1(C2(O)CCc3cc(F)ccc32)CC2CCC1C2. The molecule has 0 spiro atoms. The van der Waals surface area contributed by atoms with Gasteiger partial charge in [-0.15, -0.1) is 0 Å². The fourth-order valence-corrected chi connectivity index (χ4v) is 5.51. The van der Waals surface area contributed by atoms with Crippen LogP contribution in [0.25, 0.3) is 0 Å². The molecule has 2 fully saturated rings. The van der Waals surface area contributed by atoms with E-state index in [0.717, 1.165) is 29.9 Å². The van der Waals surface area contributed by atoms with E-state index in [1.807, 2.05) is 0 Å². The van der Waals surface area contributed by atoms with Crippen LogP contribution in [0.15, 0.2) is 18.2 Å². The zero-order valence-corrected chi connectivity index (χ0v) is 11.7. The van der Waals surface area contributed by atoms with Gasteiger partial charge in [-0.25, -0.2) is 4.39 Å². The van der Waals surface area contributed by atoms with E-state index in [2.05, 4.69) is 0 Å². The summed E-state index contributed by atoms with van der Waals surface area (Å²) in [6.45, 7) is 0.543. The first-order chi connectivity index (χ1) is 9.59. The lowest BCUT2D eigenvalue weighted by atomic mass is 9.60. The van der Waals surface area contributed by atoms with Gasteiger partial charge in [-0.1, -0.05) is 12.5 Å². The average Bonchev–Trinajstić information content (AvgIpc) is 3.13. The second-order valence-electron chi connectivity index (χ2n) is 7.10. The number of benzene rings is 1. The first-order valence-electron chi connectivity index (χ1n) is 7.80. The Hall–Kier alpha value is -0.930. The third-order valence-corrected chi connectivity index (χ3v) is 6.43. The van der Waals surface area contributed by atoms with Gasteiger partial charge in [-0.2, -0.15) is 0 Å². The highest BCUT2D eigenvalue weighted by Gasteiger charge is 2.62.